The van der Waals surface area contributed by atoms with Crippen molar-refractivity contribution in [2.45, 2.75) is 6.61 Å². The third-order valence-corrected chi connectivity index (χ3v) is 4.34. The van der Waals surface area contributed by atoms with Gasteiger partial charge < -0.3 is 15.2 Å². The van der Waals surface area contributed by atoms with Gasteiger partial charge in [0.05, 0.1) is 6.61 Å². The maximum Gasteiger partial charge on any atom is 0.251 e. The highest BCUT2D eigenvalue weighted by Crippen LogP contribution is 2.32. The van der Waals surface area contributed by atoms with E-state index in [1.54, 1.807) is 6.07 Å². The fourth-order valence-electron chi connectivity index (χ4n) is 2.93. The first-order valence-corrected chi connectivity index (χ1v) is 9.14. The van der Waals surface area contributed by atoms with Crippen LogP contribution in [-0.2, 0) is 6.61 Å². The molecule has 3 aromatic carbocycles. The van der Waals surface area contributed by atoms with Crippen LogP contribution in [0.3, 0.4) is 0 Å². The lowest BCUT2D eigenvalue weighted by atomic mass is 9.94. The van der Waals surface area contributed by atoms with Crippen LogP contribution in [0.1, 0.15) is 27.0 Å². The number of hydrogen-bond donors (Lipinski definition) is 2. The third-order valence-electron chi connectivity index (χ3n) is 4.34. The van der Waals surface area contributed by atoms with E-state index in [1.165, 1.54) is 0 Å². The van der Waals surface area contributed by atoms with Crippen LogP contribution in [0.2, 0.25) is 0 Å². The quantitative estimate of drug-likeness (QED) is 0.626. The summed E-state index contributed by atoms with van der Waals surface area (Å²) in [5.74, 6) is 0.468. The molecule has 1 amide bonds. The van der Waals surface area contributed by atoms with Gasteiger partial charge in [0.1, 0.15) is 12.4 Å². The minimum Gasteiger partial charge on any atom is -0.488 e. The van der Waals surface area contributed by atoms with Crippen LogP contribution in [0.25, 0.3) is 5.57 Å². The molecule has 0 aliphatic carbocycles. The van der Waals surface area contributed by atoms with E-state index in [0.717, 1.165) is 16.7 Å². The average molecular weight is 373 g/mol. The highest BCUT2D eigenvalue weighted by Gasteiger charge is 2.16. The Morgan fingerprint density at radius 2 is 1.46 bits per heavy atom. The van der Waals surface area contributed by atoms with Crippen molar-refractivity contribution in [1.29, 1.82) is 0 Å². The average Bonchev–Trinajstić information content (AvgIpc) is 2.76. The van der Waals surface area contributed by atoms with Gasteiger partial charge in [-0.1, -0.05) is 73.3 Å². The molecule has 0 bridgehead atoms. The normalized spacial score (nSPS) is 10.3. The van der Waals surface area contributed by atoms with Crippen LogP contribution in [0.4, 0.5) is 0 Å². The number of carbonyl (C=O) groups excluding carboxylic acids is 1. The summed E-state index contributed by atoms with van der Waals surface area (Å²) in [7, 11) is 0. The summed E-state index contributed by atoms with van der Waals surface area (Å²) in [6.45, 7) is 4.77. The van der Waals surface area contributed by atoms with Crippen molar-refractivity contribution in [1.82, 2.24) is 5.32 Å². The molecule has 0 aliphatic rings. The topological polar surface area (TPSA) is 58.6 Å². The summed E-state index contributed by atoms with van der Waals surface area (Å²) in [5, 5.41) is 11.7. The standard InChI is InChI=1S/C24H23NO3/c1-18(20-11-5-6-13-22(20)24(27)25-15-16-26)21-12-7-8-14-23(21)28-17-19-9-3-2-4-10-19/h2-14,26H,1,15-17H2,(H,25,27). The first kappa shape index (κ1) is 19.4. The molecule has 4 heteroatoms. The molecule has 28 heavy (non-hydrogen) atoms. The number of carbonyl (C=O) groups is 1. The van der Waals surface area contributed by atoms with E-state index in [9.17, 15) is 4.79 Å². The Morgan fingerprint density at radius 1 is 0.857 bits per heavy atom. The highest BCUT2D eigenvalue weighted by molar-refractivity contribution is 6.01. The predicted molar refractivity (Wildman–Crippen MR) is 111 cm³/mol. The van der Waals surface area contributed by atoms with E-state index in [1.807, 2.05) is 72.8 Å². The largest absolute Gasteiger partial charge is 0.488 e. The Bertz CT molecular complexity index is 951. The minimum atomic E-state index is -0.242. The van der Waals surface area contributed by atoms with Crippen LogP contribution in [0.5, 0.6) is 5.75 Å². The van der Waals surface area contributed by atoms with Gasteiger partial charge in [-0.25, -0.2) is 0 Å². The van der Waals surface area contributed by atoms with Gasteiger partial charge in [0.15, 0.2) is 0 Å². The predicted octanol–water partition coefficient (Wildman–Crippen LogP) is 4.05. The second kappa shape index (κ2) is 9.53. The Kier molecular flexibility index (Phi) is 6.60. The third kappa shape index (κ3) is 4.67. The van der Waals surface area contributed by atoms with Gasteiger partial charge in [-0.3, -0.25) is 4.79 Å². The monoisotopic (exact) mass is 373 g/mol. The van der Waals surface area contributed by atoms with E-state index in [2.05, 4.69) is 11.9 Å². The van der Waals surface area contributed by atoms with Gasteiger partial charge in [-0.15, -0.1) is 0 Å². The van der Waals surface area contributed by atoms with Crippen LogP contribution in [0, 0.1) is 0 Å². The molecule has 0 heterocycles. The first-order valence-electron chi connectivity index (χ1n) is 9.14. The zero-order valence-electron chi connectivity index (χ0n) is 15.6. The molecular formula is C24H23NO3. The minimum absolute atomic E-state index is 0.106. The zero-order valence-corrected chi connectivity index (χ0v) is 15.6. The lowest BCUT2D eigenvalue weighted by molar-refractivity contribution is 0.0944. The van der Waals surface area contributed by atoms with E-state index >= 15 is 0 Å². The molecular weight excluding hydrogens is 350 g/mol. The molecule has 0 aromatic heterocycles. The molecule has 0 radical (unpaired) electrons. The number of amides is 1. The number of nitrogens with one attached hydrogen (secondary N) is 1. The summed E-state index contributed by atoms with van der Waals surface area (Å²) in [6, 6.07) is 24.9. The van der Waals surface area contributed by atoms with Crippen molar-refractivity contribution in [3.8, 4) is 5.75 Å². The Labute approximate surface area is 165 Å². The number of para-hydroxylation sites is 1. The molecule has 0 saturated heterocycles. The van der Waals surface area contributed by atoms with Crippen molar-refractivity contribution in [3.05, 3.63) is 108 Å². The number of ether oxygens (including phenoxy) is 1. The lowest BCUT2D eigenvalue weighted by Crippen LogP contribution is -2.27. The SMILES string of the molecule is C=C(c1ccccc1OCc1ccccc1)c1ccccc1C(=O)NCCO. The van der Waals surface area contributed by atoms with Crippen molar-refractivity contribution in [2.24, 2.45) is 0 Å². The second-order valence-electron chi connectivity index (χ2n) is 6.27. The maximum absolute atomic E-state index is 12.5. The molecule has 0 atom stereocenters. The molecule has 0 unspecified atom stereocenters. The molecule has 3 rings (SSSR count). The zero-order chi connectivity index (χ0) is 19.8. The summed E-state index contributed by atoms with van der Waals surface area (Å²) in [5.41, 5.74) is 3.86. The summed E-state index contributed by atoms with van der Waals surface area (Å²) in [6.07, 6.45) is 0. The van der Waals surface area contributed by atoms with Gasteiger partial charge in [-0.05, 0) is 28.8 Å². The Balaban J connectivity index is 1.86. The molecule has 3 aromatic rings. The van der Waals surface area contributed by atoms with Crippen molar-refractivity contribution in [3.63, 3.8) is 0 Å². The molecule has 0 fully saturated rings. The number of benzene rings is 3. The van der Waals surface area contributed by atoms with Crippen molar-refractivity contribution >= 4 is 11.5 Å². The van der Waals surface area contributed by atoms with Crippen LogP contribution < -0.4 is 10.1 Å². The van der Waals surface area contributed by atoms with E-state index in [4.69, 9.17) is 9.84 Å². The van der Waals surface area contributed by atoms with Gasteiger partial charge in [0.25, 0.3) is 5.91 Å². The van der Waals surface area contributed by atoms with E-state index < -0.39 is 0 Å². The van der Waals surface area contributed by atoms with Gasteiger partial charge in [-0.2, -0.15) is 0 Å². The van der Waals surface area contributed by atoms with Gasteiger partial charge in [0, 0.05) is 17.7 Å². The smallest absolute Gasteiger partial charge is 0.251 e. The number of aliphatic hydroxyl groups is 1. The van der Waals surface area contributed by atoms with Crippen molar-refractivity contribution < 1.29 is 14.6 Å². The van der Waals surface area contributed by atoms with E-state index in [0.29, 0.717) is 23.5 Å². The maximum atomic E-state index is 12.5. The van der Waals surface area contributed by atoms with Gasteiger partial charge in [0.2, 0.25) is 0 Å². The highest BCUT2D eigenvalue weighted by atomic mass is 16.5. The molecule has 0 saturated carbocycles. The summed E-state index contributed by atoms with van der Waals surface area (Å²) >= 11 is 0. The van der Waals surface area contributed by atoms with E-state index in [-0.39, 0.29) is 19.1 Å². The second-order valence-corrected chi connectivity index (χ2v) is 6.27. The fraction of sp³-hybridized carbons (Fsp3) is 0.125. The Hall–Kier alpha value is -3.37. The molecule has 0 spiro atoms. The van der Waals surface area contributed by atoms with Crippen LogP contribution in [0.15, 0.2) is 85.4 Å². The molecule has 2 N–H and O–H groups in total. The lowest BCUT2D eigenvalue weighted by Gasteiger charge is -2.16. The summed E-state index contributed by atoms with van der Waals surface area (Å²) < 4.78 is 6.04. The summed E-state index contributed by atoms with van der Waals surface area (Å²) in [4.78, 5) is 12.5. The van der Waals surface area contributed by atoms with Crippen LogP contribution in [-0.4, -0.2) is 24.2 Å². The molecule has 0 aliphatic heterocycles. The number of hydrogen-bond acceptors (Lipinski definition) is 3. The fourth-order valence-corrected chi connectivity index (χ4v) is 2.93. The van der Waals surface area contributed by atoms with Crippen LogP contribution >= 0.6 is 0 Å². The molecule has 4 nitrogen and oxygen atoms in total. The Morgan fingerprint density at radius 3 is 2.18 bits per heavy atom. The molecule has 142 valence electrons. The number of aliphatic hydroxyl groups excluding tert-OH is 1. The van der Waals surface area contributed by atoms with Crippen molar-refractivity contribution in [2.75, 3.05) is 13.2 Å². The van der Waals surface area contributed by atoms with Gasteiger partial charge >= 0.3 is 0 Å². The number of rotatable bonds is 8. The first-order chi connectivity index (χ1) is 13.7.